The minimum atomic E-state index is -1.04. The van der Waals surface area contributed by atoms with Crippen molar-refractivity contribution >= 4 is 17.1 Å². The highest BCUT2D eigenvalue weighted by Crippen LogP contribution is 2.29. The molecule has 2 heterocycles. The third-order valence-electron chi connectivity index (χ3n) is 3.95. The highest BCUT2D eigenvalue weighted by molar-refractivity contribution is 5.94. The number of carbonyl (C=O) groups is 1. The Balaban J connectivity index is 2.13. The number of pyridine rings is 1. The SMILES string of the molecule is CCCCc1c(C(=O)O)oc2ccc(-c3ccc(C)cc3)nc12. The molecule has 0 atom stereocenters. The predicted molar refractivity (Wildman–Crippen MR) is 89.8 cm³/mol. The molecule has 1 aromatic carbocycles. The Labute approximate surface area is 134 Å². The average molecular weight is 309 g/mol. The molecule has 0 spiro atoms. The van der Waals surface area contributed by atoms with Crippen molar-refractivity contribution < 1.29 is 14.3 Å². The molecule has 1 N–H and O–H groups in total. The van der Waals surface area contributed by atoms with Gasteiger partial charge in [0.15, 0.2) is 5.58 Å². The average Bonchev–Trinajstić information content (AvgIpc) is 2.91. The summed E-state index contributed by atoms with van der Waals surface area (Å²) in [4.78, 5) is 16.1. The van der Waals surface area contributed by atoms with E-state index in [9.17, 15) is 9.90 Å². The second kappa shape index (κ2) is 6.24. The Morgan fingerprint density at radius 1 is 1.17 bits per heavy atom. The lowest BCUT2D eigenvalue weighted by molar-refractivity contribution is 0.0663. The van der Waals surface area contributed by atoms with E-state index in [1.165, 1.54) is 5.56 Å². The lowest BCUT2D eigenvalue weighted by Crippen LogP contribution is -1.99. The molecule has 0 unspecified atom stereocenters. The molecule has 0 amide bonds. The van der Waals surface area contributed by atoms with Crippen LogP contribution < -0.4 is 0 Å². The summed E-state index contributed by atoms with van der Waals surface area (Å²) in [5.41, 5.74) is 4.92. The Morgan fingerprint density at radius 3 is 2.57 bits per heavy atom. The Kier molecular flexibility index (Phi) is 4.15. The van der Waals surface area contributed by atoms with E-state index in [0.29, 0.717) is 23.1 Å². The van der Waals surface area contributed by atoms with E-state index in [1.807, 2.05) is 37.3 Å². The molecule has 0 aliphatic heterocycles. The number of furan rings is 1. The fraction of sp³-hybridized carbons (Fsp3) is 0.263. The molecule has 0 bridgehead atoms. The molecule has 3 rings (SSSR count). The molecule has 4 heteroatoms. The first-order valence-corrected chi connectivity index (χ1v) is 7.83. The highest BCUT2D eigenvalue weighted by Gasteiger charge is 2.21. The molecule has 3 aromatic rings. The number of aromatic nitrogens is 1. The van der Waals surface area contributed by atoms with Crippen molar-refractivity contribution in [3.05, 3.63) is 53.3 Å². The van der Waals surface area contributed by atoms with Gasteiger partial charge < -0.3 is 9.52 Å². The topological polar surface area (TPSA) is 63.3 Å². The van der Waals surface area contributed by atoms with Gasteiger partial charge in [-0.2, -0.15) is 0 Å². The molecule has 0 aliphatic rings. The maximum atomic E-state index is 11.4. The van der Waals surface area contributed by atoms with Crippen LogP contribution in [0.25, 0.3) is 22.4 Å². The number of hydrogen-bond donors (Lipinski definition) is 1. The third-order valence-corrected chi connectivity index (χ3v) is 3.95. The molecule has 118 valence electrons. The Bertz CT molecular complexity index is 847. The number of nitrogens with zero attached hydrogens (tertiary/aromatic N) is 1. The predicted octanol–water partition coefficient (Wildman–Crippen LogP) is 4.84. The normalized spacial score (nSPS) is 11.0. The Hall–Kier alpha value is -2.62. The van der Waals surface area contributed by atoms with Crippen LogP contribution in [0.4, 0.5) is 0 Å². The minimum absolute atomic E-state index is 0.0157. The molecular formula is C19H19NO3. The summed E-state index contributed by atoms with van der Waals surface area (Å²) >= 11 is 0. The standard InChI is InChI=1S/C19H19NO3/c1-3-4-5-14-17-16(23-18(14)19(21)22)11-10-15(20-17)13-8-6-12(2)7-9-13/h6-11H,3-5H2,1-2H3,(H,21,22). The summed E-state index contributed by atoms with van der Waals surface area (Å²) < 4.78 is 5.51. The van der Waals surface area contributed by atoms with Gasteiger partial charge in [-0.1, -0.05) is 43.2 Å². The monoisotopic (exact) mass is 309 g/mol. The molecule has 0 radical (unpaired) electrons. The van der Waals surface area contributed by atoms with Crippen molar-refractivity contribution in [3.63, 3.8) is 0 Å². The zero-order valence-electron chi connectivity index (χ0n) is 13.3. The molecule has 0 saturated heterocycles. The van der Waals surface area contributed by atoms with E-state index in [4.69, 9.17) is 4.42 Å². The maximum absolute atomic E-state index is 11.4. The van der Waals surface area contributed by atoms with Gasteiger partial charge in [0.25, 0.3) is 0 Å². The summed E-state index contributed by atoms with van der Waals surface area (Å²) in [7, 11) is 0. The van der Waals surface area contributed by atoms with Crippen molar-refractivity contribution in [3.8, 4) is 11.3 Å². The van der Waals surface area contributed by atoms with Crippen molar-refractivity contribution in [2.75, 3.05) is 0 Å². The largest absolute Gasteiger partial charge is 0.475 e. The fourth-order valence-corrected chi connectivity index (χ4v) is 2.67. The number of rotatable bonds is 5. The summed E-state index contributed by atoms with van der Waals surface area (Å²) in [5.74, 6) is -1.02. The summed E-state index contributed by atoms with van der Waals surface area (Å²) in [6.45, 7) is 4.12. The molecule has 0 aliphatic carbocycles. The van der Waals surface area contributed by atoms with E-state index in [0.717, 1.165) is 24.1 Å². The van der Waals surface area contributed by atoms with Gasteiger partial charge in [-0.15, -0.1) is 0 Å². The summed E-state index contributed by atoms with van der Waals surface area (Å²) in [6.07, 6.45) is 2.56. The van der Waals surface area contributed by atoms with E-state index in [-0.39, 0.29) is 5.76 Å². The maximum Gasteiger partial charge on any atom is 0.372 e. The minimum Gasteiger partial charge on any atom is -0.475 e. The van der Waals surface area contributed by atoms with Gasteiger partial charge in [0.2, 0.25) is 5.76 Å². The highest BCUT2D eigenvalue weighted by atomic mass is 16.4. The summed E-state index contributed by atoms with van der Waals surface area (Å²) in [5, 5.41) is 9.36. The number of fused-ring (bicyclic) bond motifs is 1. The number of carboxylic acid groups (broad SMARTS) is 1. The van der Waals surface area contributed by atoms with Crippen molar-refractivity contribution in [1.29, 1.82) is 0 Å². The molecule has 2 aromatic heterocycles. The second-order valence-electron chi connectivity index (χ2n) is 5.73. The van der Waals surface area contributed by atoms with Crippen LogP contribution in [-0.4, -0.2) is 16.1 Å². The summed E-state index contributed by atoms with van der Waals surface area (Å²) in [6, 6.07) is 11.8. The van der Waals surface area contributed by atoms with E-state index in [2.05, 4.69) is 11.9 Å². The van der Waals surface area contributed by atoms with Crippen LogP contribution in [0.1, 0.15) is 41.4 Å². The molecule has 0 fully saturated rings. The third kappa shape index (κ3) is 2.97. The van der Waals surface area contributed by atoms with Crippen LogP contribution in [0, 0.1) is 6.92 Å². The number of unbranched alkanes of at least 4 members (excludes halogenated alkanes) is 1. The van der Waals surface area contributed by atoms with Crippen molar-refractivity contribution in [2.24, 2.45) is 0 Å². The smallest absolute Gasteiger partial charge is 0.372 e. The first kappa shape index (κ1) is 15.3. The molecular weight excluding hydrogens is 290 g/mol. The van der Waals surface area contributed by atoms with E-state index >= 15 is 0 Å². The van der Waals surface area contributed by atoms with Gasteiger partial charge in [0.1, 0.15) is 5.52 Å². The van der Waals surface area contributed by atoms with Gasteiger partial charge in [-0.25, -0.2) is 9.78 Å². The van der Waals surface area contributed by atoms with Gasteiger partial charge in [-0.05, 0) is 31.9 Å². The first-order chi connectivity index (χ1) is 11.1. The number of benzene rings is 1. The molecule has 4 nitrogen and oxygen atoms in total. The van der Waals surface area contributed by atoms with Crippen LogP contribution >= 0.6 is 0 Å². The second-order valence-corrected chi connectivity index (χ2v) is 5.73. The van der Waals surface area contributed by atoms with Crippen LogP contribution in [0.15, 0.2) is 40.8 Å². The number of aromatic carboxylic acids is 1. The zero-order chi connectivity index (χ0) is 16.4. The fourth-order valence-electron chi connectivity index (χ4n) is 2.67. The van der Waals surface area contributed by atoms with Gasteiger partial charge in [-0.3, -0.25) is 0 Å². The lowest BCUT2D eigenvalue weighted by Gasteiger charge is -2.03. The number of hydrogen-bond acceptors (Lipinski definition) is 3. The van der Waals surface area contributed by atoms with Crippen molar-refractivity contribution in [2.45, 2.75) is 33.1 Å². The van der Waals surface area contributed by atoms with Crippen LogP contribution in [0.2, 0.25) is 0 Å². The van der Waals surface area contributed by atoms with Crippen LogP contribution in [0.5, 0.6) is 0 Å². The Morgan fingerprint density at radius 2 is 1.91 bits per heavy atom. The zero-order valence-corrected chi connectivity index (χ0v) is 13.3. The van der Waals surface area contributed by atoms with Gasteiger partial charge in [0, 0.05) is 11.1 Å². The first-order valence-electron chi connectivity index (χ1n) is 7.83. The van der Waals surface area contributed by atoms with E-state index in [1.54, 1.807) is 6.07 Å². The van der Waals surface area contributed by atoms with Crippen LogP contribution in [-0.2, 0) is 6.42 Å². The molecule has 23 heavy (non-hydrogen) atoms. The number of carboxylic acids is 1. The van der Waals surface area contributed by atoms with Crippen molar-refractivity contribution in [1.82, 2.24) is 4.98 Å². The quantitative estimate of drug-likeness (QED) is 0.732. The van der Waals surface area contributed by atoms with E-state index < -0.39 is 5.97 Å². The number of aryl methyl sites for hydroxylation is 2. The van der Waals surface area contributed by atoms with Gasteiger partial charge in [0.05, 0.1) is 5.69 Å². The molecule has 0 saturated carbocycles. The van der Waals surface area contributed by atoms with Crippen LogP contribution in [0.3, 0.4) is 0 Å². The lowest BCUT2D eigenvalue weighted by atomic mass is 10.1. The van der Waals surface area contributed by atoms with Gasteiger partial charge >= 0.3 is 5.97 Å².